The number of benzene rings is 7. The standard InChI is InChI=1S/C38H22OS/c1-3-13-31-29(11-1)37(23-17-19-26-25-9-5-7-15-33(25)39-34(26)21-23)30-12-2-4-14-32(30)38(31)24-18-20-28-27-10-6-8-16-35(27)40-36(28)22-24/h1-22H/i1D,2D,3D,4D,11D,12D,13D,14D. The summed E-state index contributed by atoms with van der Waals surface area (Å²) in [7, 11) is 0. The van der Waals surface area contributed by atoms with E-state index >= 15 is 0 Å². The molecular formula is C38H22OS. The molecular weight excluding hydrogens is 504 g/mol. The van der Waals surface area contributed by atoms with Crippen molar-refractivity contribution in [1.29, 1.82) is 0 Å². The maximum absolute atomic E-state index is 9.23. The van der Waals surface area contributed by atoms with Gasteiger partial charge in [-0.25, -0.2) is 0 Å². The molecule has 0 bridgehead atoms. The van der Waals surface area contributed by atoms with Gasteiger partial charge in [-0.3, -0.25) is 0 Å². The number of fused-ring (bicyclic) bond motifs is 8. The molecule has 0 aliphatic heterocycles. The van der Waals surface area contributed by atoms with E-state index < -0.39 is 24.2 Å². The van der Waals surface area contributed by atoms with Crippen LogP contribution in [-0.4, -0.2) is 0 Å². The van der Waals surface area contributed by atoms with Gasteiger partial charge in [-0.05, 0) is 74.1 Å². The van der Waals surface area contributed by atoms with Gasteiger partial charge >= 0.3 is 0 Å². The lowest BCUT2D eigenvalue weighted by Crippen LogP contribution is -1.90. The predicted octanol–water partition coefficient (Wildman–Crippen LogP) is 11.6. The summed E-state index contributed by atoms with van der Waals surface area (Å²) in [6, 6.07) is 24.2. The van der Waals surface area contributed by atoms with E-state index in [1.54, 1.807) is 17.4 Å². The third-order valence-corrected chi connectivity index (χ3v) is 8.84. The molecule has 40 heavy (non-hydrogen) atoms. The highest BCUT2D eigenvalue weighted by Gasteiger charge is 2.18. The second kappa shape index (κ2) is 8.29. The molecule has 0 saturated carbocycles. The Morgan fingerprint density at radius 2 is 0.975 bits per heavy atom. The first-order valence-electron chi connectivity index (χ1n) is 16.9. The Kier molecular flexibility index (Phi) is 3.24. The number of rotatable bonds is 2. The minimum absolute atomic E-state index is 0.181. The van der Waals surface area contributed by atoms with Crippen molar-refractivity contribution >= 4 is 75.0 Å². The molecule has 2 aromatic heterocycles. The van der Waals surface area contributed by atoms with Crippen molar-refractivity contribution in [2.75, 3.05) is 0 Å². The second-order valence-corrected chi connectivity index (χ2v) is 11.0. The summed E-state index contributed by atoms with van der Waals surface area (Å²) < 4.78 is 79.9. The number of thiophene rings is 1. The third kappa shape index (κ3) is 3.08. The van der Waals surface area contributed by atoms with Gasteiger partial charge in [0.05, 0.1) is 11.0 Å². The molecule has 0 radical (unpaired) electrons. The molecule has 0 atom stereocenters. The van der Waals surface area contributed by atoms with Gasteiger partial charge in [0.25, 0.3) is 0 Å². The molecule has 9 aromatic rings. The fraction of sp³-hybridized carbons (Fsp3) is 0. The Hall–Kier alpha value is -4.92. The molecule has 186 valence electrons. The van der Waals surface area contributed by atoms with Crippen molar-refractivity contribution < 1.29 is 15.4 Å². The molecule has 1 nitrogen and oxygen atoms in total. The smallest absolute Gasteiger partial charge is 0.136 e. The van der Waals surface area contributed by atoms with Gasteiger partial charge in [0.1, 0.15) is 11.2 Å². The Morgan fingerprint density at radius 3 is 1.68 bits per heavy atom. The van der Waals surface area contributed by atoms with Crippen molar-refractivity contribution in [1.82, 2.24) is 0 Å². The normalized spacial score (nSPS) is 14.8. The van der Waals surface area contributed by atoms with E-state index in [4.69, 9.17) is 9.90 Å². The zero-order valence-electron chi connectivity index (χ0n) is 28.9. The molecule has 2 heterocycles. The van der Waals surface area contributed by atoms with Crippen LogP contribution in [0, 0.1) is 0 Å². The van der Waals surface area contributed by atoms with Gasteiger partial charge in [-0.1, -0.05) is 103 Å². The highest BCUT2D eigenvalue weighted by atomic mass is 32.1. The molecule has 0 aliphatic rings. The first-order valence-corrected chi connectivity index (χ1v) is 13.8. The highest BCUT2D eigenvalue weighted by molar-refractivity contribution is 7.25. The SMILES string of the molecule is [2H]c1c([2H])c([2H])c2c(-c3ccc4c(c3)sc3ccccc34)c3c([2H])c([2H])c([2H])c([2H])c3c(-c3ccc4c(c3)oc3ccccc34)c2c1[2H]. The zero-order chi connectivity index (χ0) is 33.2. The highest BCUT2D eigenvalue weighted by Crippen LogP contribution is 2.46. The van der Waals surface area contributed by atoms with E-state index in [1.807, 2.05) is 72.8 Å². The van der Waals surface area contributed by atoms with Crippen molar-refractivity contribution in [2.45, 2.75) is 0 Å². The van der Waals surface area contributed by atoms with E-state index in [0.717, 1.165) is 30.9 Å². The number of hydrogen-bond acceptors (Lipinski definition) is 2. The minimum Gasteiger partial charge on any atom is -0.456 e. The van der Waals surface area contributed by atoms with E-state index in [1.165, 1.54) is 0 Å². The molecule has 7 aromatic carbocycles. The van der Waals surface area contributed by atoms with Gasteiger partial charge in [0.15, 0.2) is 0 Å². The van der Waals surface area contributed by atoms with Crippen LogP contribution in [0.1, 0.15) is 11.0 Å². The van der Waals surface area contributed by atoms with Gasteiger partial charge in [0.2, 0.25) is 0 Å². The maximum Gasteiger partial charge on any atom is 0.136 e. The quantitative estimate of drug-likeness (QED) is 0.201. The van der Waals surface area contributed by atoms with Gasteiger partial charge in [0, 0.05) is 30.9 Å². The van der Waals surface area contributed by atoms with E-state index in [2.05, 4.69) is 6.07 Å². The number of hydrogen-bond donors (Lipinski definition) is 0. The molecule has 0 N–H and O–H groups in total. The average molecular weight is 535 g/mol. The van der Waals surface area contributed by atoms with Crippen molar-refractivity contribution in [3.05, 3.63) is 133 Å². The maximum atomic E-state index is 9.23. The number of para-hydroxylation sites is 1. The Morgan fingerprint density at radius 1 is 0.450 bits per heavy atom. The van der Waals surface area contributed by atoms with Gasteiger partial charge in [-0.15, -0.1) is 11.3 Å². The summed E-state index contributed by atoms with van der Waals surface area (Å²) in [5.74, 6) is 0. The summed E-state index contributed by atoms with van der Waals surface area (Å²) in [6.45, 7) is 0. The molecule has 0 spiro atoms. The van der Waals surface area contributed by atoms with Crippen molar-refractivity contribution in [3.8, 4) is 22.3 Å². The fourth-order valence-electron chi connectivity index (χ4n) is 5.97. The summed E-state index contributed by atoms with van der Waals surface area (Å²) >= 11 is 1.60. The van der Waals surface area contributed by atoms with E-state index in [9.17, 15) is 5.48 Å². The topological polar surface area (TPSA) is 13.1 Å². The Labute approximate surface area is 245 Å². The Bertz CT molecular complexity index is 2610. The van der Waals surface area contributed by atoms with Crippen LogP contribution in [0.2, 0.25) is 0 Å². The van der Waals surface area contributed by atoms with Gasteiger partial charge in [-0.2, -0.15) is 0 Å². The van der Waals surface area contributed by atoms with Crippen molar-refractivity contribution in [3.63, 3.8) is 0 Å². The third-order valence-electron chi connectivity index (χ3n) is 7.71. The first-order chi connectivity index (χ1) is 23.2. The molecule has 0 amide bonds. The summed E-state index contributed by atoms with van der Waals surface area (Å²) in [6.07, 6.45) is 0. The van der Waals surface area contributed by atoms with Crippen LogP contribution in [0.15, 0.2) is 138 Å². The monoisotopic (exact) mass is 534 g/mol. The van der Waals surface area contributed by atoms with Crippen molar-refractivity contribution in [2.24, 2.45) is 0 Å². The lowest BCUT2D eigenvalue weighted by Gasteiger charge is -2.17. The molecule has 0 saturated heterocycles. The van der Waals surface area contributed by atoms with Crippen LogP contribution >= 0.6 is 11.3 Å². The molecule has 0 unspecified atom stereocenters. The minimum atomic E-state index is -0.426. The molecule has 2 heteroatoms. The molecule has 0 aliphatic carbocycles. The largest absolute Gasteiger partial charge is 0.456 e. The fourth-order valence-corrected chi connectivity index (χ4v) is 7.11. The zero-order valence-corrected chi connectivity index (χ0v) is 21.7. The predicted molar refractivity (Wildman–Crippen MR) is 172 cm³/mol. The number of furan rings is 1. The van der Waals surface area contributed by atoms with Crippen LogP contribution in [0.5, 0.6) is 0 Å². The van der Waals surface area contributed by atoms with Crippen LogP contribution in [0.25, 0.3) is 85.9 Å². The van der Waals surface area contributed by atoms with E-state index in [-0.39, 0.29) is 45.7 Å². The lowest BCUT2D eigenvalue weighted by atomic mass is 9.86. The van der Waals surface area contributed by atoms with Crippen LogP contribution in [-0.2, 0) is 0 Å². The molecule has 9 rings (SSSR count). The van der Waals surface area contributed by atoms with E-state index in [0.29, 0.717) is 33.4 Å². The summed E-state index contributed by atoms with van der Waals surface area (Å²) in [5.41, 5.74) is 2.99. The van der Waals surface area contributed by atoms with Crippen LogP contribution < -0.4 is 0 Å². The summed E-state index contributed by atoms with van der Waals surface area (Å²) in [5, 5.41) is 4.66. The first kappa shape index (κ1) is 15.6. The second-order valence-electron chi connectivity index (χ2n) is 9.87. The molecule has 0 fully saturated rings. The van der Waals surface area contributed by atoms with Crippen LogP contribution in [0.4, 0.5) is 0 Å². The summed E-state index contributed by atoms with van der Waals surface area (Å²) in [4.78, 5) is 0. The Balaban J connectivity index is 1.51. The van der Waals surface area contributed by atoms with Gasteiger partial charge < -0.3 is 4.42 Å². The lowest BCUT2D eigenvalue weighted by molar-refractivity contribution is 0.669. The average Bonchev–Trinajstić information content (AvgIpc) is 3.67. The van der Waals surface area contributed by atoms with Crippen LogP contribution in [0.3, 0.4) is 0 Å².